The monoisotopic (exact) mass is 137 g/mol. The summed E-state index contributed by atoms with van der Waals surface area (Å²) in [5.74, 6) is 0. The zero-order valence-corrected chi connectivity index (χ0v) is 6.64. The predicted molar refractivity (Wildman–Crippen MR) is 45.0 cm³/mol. The highest BCUT2D eigenvalue weighted by molar-refractivity contribution is 5.05. The molecule has 10 heavy (non-hydrogen) atoms. The van der Waals surface area contributed by atoms with Gasteiger partial charge in [-0.05, 0) is 13.3 Å². The first-order chi connectivity index (χ1) is 4.83. The van der Waals surface area contributed by atoms with Gasteiger partial charge < -0.3 is 0 Å². The maximum atomic E-state index is 3.72. The van der Waals surface area contributed by atoms with Crippen molar-refractivity contribution in [2.75, 3.05) is 19.6 Å². The van der Waals surface area contributed by atoms with Crippen molar-refractivity contribution in [3.05, 3.63) is 24.3 Å². The van der Waals surface area contributed by atoms with Crippen LogP contribution in [0, 0.1) is 0 Å². The van der Waals surface area contributed by atoms with Gasteiger partial charge in [0.25, 0.3) is 0 Å². The van der Waals surface area contributed by atoms with E-state index in [1.54, 1.807) is 0 Å². The second-order valence-corrected chi connectivity index (χ2v) is 2.86. The highest BCUT2D eigenvalue weighted by atomic mass is 15.1. The van der Waals surface area contributed by atoms with E-state index in [-0.39, 0.29) is 0 Å². The number of rotatable bonds is 2. The Bertz CT molecular complexity index is 147. The predicted octanol–water partition coefficient (Wildman–Crippen LogP) is 1.82. The van der Waals surface area contributed by atoms with Gasteiger partial charge in [0.2, 0.25) is 0 Å². The van der Waals surface area contributed by atoms with Gasteiger partial charge in [-0.1, -0.05) is 17.7 Å². The summed E-state index contributed by atoms with van der Waals surface area (Å²) in [6, 6.07) is 0. The second kappa shape index (κ2) is 3.57. The lowest BCUT2D eigenvalue weighted by Gasteiger charge is -2.24. The largest absolute Gasteiger partial charge is 0.295 e. The molecule has 0 aromatic rings. The third-order valence-corrected chi connectivity index (χ3v) is 1.80. The summed E-state index contributed by atoms with van der Waals surface area (Å²) in [7, 11) is 0. The summed E-state index contributed by atoms with van der Waals surface area (Å²) in [6.45, 7) is 9.27. The molecule has 0 spiro atoms. The van der Waals surface area contributed by atoms with Crippen LogP contribution in [0.2, 0.25) is 0 Å². The van der Waals surface area contributed by atoms with Crippen LogP contribution in [0.15, 0.2) is 24.3 Å². The van der Waals surface area contributed by atoms with E-state index in [0.29, 0.717) is 0 Å². The van der Waals surface area contributed by atoms with Gasteiger partial charge in [0.1, 0.15) is 0 Å². The molecule has 0 N–H and O–H groups in total. The van der Waals surface area contributed by atoms with Crippen LogP contribution in [0.4, 0.5) is 0 Å². The number of hydrogen-bond acceptors (Lipinski definition) is 1. The van der Waals surface area contributed by atoms with Crippen molar-refractivity contribution in [3.63, 3.8) is 0 Å². The molecule has 1 aliphatic heterocycles. The Labute approximate surface area is 63.0 Å². The Morgan fingerprint density at radius 1 is 1.80 bits per heavy atom. The van der Waals surface area contributed by atoms with Gasteiger partial charge in [-0.2, -0.15) is 0 Å². The second-order valence-electron chi connectivity index (χ2n) is 2.86. The van der Waals surface area contributed by atoms with Gasteiger partial charge in [0.15, 0.2) is 0 Å². The molecule has 0 atom stereocenters. The van der Waals surface area contributed by atoms with Crippen molar-refractivity contribution in [2.24, 2.45) is 0 Å². The fraction of sp³-hybridized carbons (Fsp3) is 0.556. The van der Waals surface area contributed by atoms with E-state index < -0.39 is 0 Å². The van der Waals surface area contributed by atoms with E-state index in [1.807, 2.05) is 6.08 Å². The highest BCUT2D eigenvalue weighted by Crippen LogP contribution is 2.07. The smallest absolute Gasteiger partial charge is 0.0193 e. The average molecular weight is 137 g/mol. The van der Waals surface area contributed by atoms with Crippen molar-refractivity contribution < 1.29 is 0 Å². The molecular formula is C9H15N. The third kappa shape index (κ3) is 1.99. The number of nitrogens with zero attached hydrogens (tertiary/aromatic N) is 1. The Morgan fingerprint density at radius 3 is 3.20 bits per heavy atom. The third-order valence-electron chi connectivity index (χ3n) is 1.80. The molecular weight excluding hydrogens is 122 g/mol. The maximum Gasteiger partial charge on any atom is 0.0193 e. The maximum absolute atomic E-state index is 3.72. The zero-order chi connectivity index (χ0) is 7.40. The SMILES string of the molecule is C=CCN1CCC=C(C)C1. The van der Waals surface area contributed by atoms with E-state index in [4.69, 9.17) is 0 Å². The standard InChI is InChI=1S/C9H15N/c1-3-6-10-7-4-5-9(2)8-10/h3,5H,1,4,6-8H2,2H3. The first-order valence-electron chi connectivity index (χ1n) is 3.82. The normalized spacial score (nSPS) is 20.3. The molecule has 0 aliphatic carbocycles. The molecule has 1 heteroatoms. The summed E-state index contributed by atoms with van der Waals surface area (Å²) in [6.07, 6.45) is 5.50. The van der Waals surface area contributed by atoms with Gasteiger partial charge in [-0.25, -0.2) is 0 Å². The molecule has 0 aromatic heterocycles. The van der Waals surface area contributed by atoms with E-state index >= 15 is 0 Å². The first kappa shape index (κ1) is 7.55. The van der Waals surface area contributed by atoms with E-state index in [1.165, 1.54) is 18.5 Å². The molecule has 0 unspecified atom stereocenters. The fourth-order valence-corrected chi connectivity index (χ4v) is 1.33. The van der Waals surface area contributed by atoms with Crippen LogP contribution in [-0.4, -0.2) is 24.5 Å². The summed E-state index contributed by atoms with van der Waals surface area (Å²) < 4.78 is 0. The zero-order valence-electron chi connectivity index (χ0n) is 6.64. The van der Waals surface area contributed by atoms with Crippen molar-refractivity contribution in [2.45, 2.75) is 13.3 Å². The quantitative estimate of drug-likeness (QED) is 0.525. The minimum atomic E-state index is 1.03. The molecule has 1 heterocycles. The fourth-order valence-electron chi connectivity index (χ4n) is 1.33. The van der Waals surface area contributed by atoms with Gasteiger partial charge >= 0.3 is 0 Å². The molecule has 0 aromatic carbocycles. The minimum Gasteiger partial charge on any atom is -0.295 e. The van der Waals surface area contributed by atoms with Crippen LogP contribution in [0.1, 0.15) is 13.3 Å². The Morgan fingerprint density at radius 2 is 2.60 bits per heavy atom. The lowest BCUT2D eigenvalue weighted by Crippen LogP contribution is -2.29. The van der Waals surface area contributed by atoms with Crippen LogP contribution in [0.3, 0.4) is 0 Å². The molecule has 0 saturated carbocycles. The molecule has 0 amide bonds. The van der Waals surface area contributed by atoms with Gasteiger partial charge in [0.05, 0.1) is 0 Å². The lowest BCUT2D eigenvalue weighted by atomic mass is 10.1. The van der Waals surface area contributed by atoms with Crippen LogP contribution in [-0.2, 0) is 0 Å². The summed E-state index contributed by atoms with van der Waals surface area (Å²) >= 11 is 0. The van der Waals surface area contributed by atoms with Gasteiger partial charge in [-0.3, -0.25) is 4.90 Å². The van der Waals surface area contributed by atoms with Gasteiger partial charge in [-0.15, -0.1) is 6.58 Å². The van der Waals surface area contributed by atoms with Crippen LogP contribution in [0.5, 0.6) is 0 Å². The molecule has 0 fully saturated rings. The Hall–Kier alpha value is -0.560. The summed E-state index contributed by atoms with van der Waals surface area (Å²) in [5, 5.41) is 0. The van der Waals surface area contributed by atoms with Crippen LogP contribution < -0.4 is 0 Å². The number of hydrogen-bond donors (Lipinski definition) is 0. The Kier molecular flexibility index (Phi) is 2.69. The van der Waals surface area contributed by atoms with Crippen LogP contribution in [0.25, 0.3) is 0 Å². The van der Waals surface area contributed by atoms with Crippen molar-refractivity contribution in [1.29, 1.82) is 0 Å². The molecule has 1 rings (SSSR count). The molecule has 1 nitrogen and oxygen atoms in total. The summed E-state index contributed by atoms with van der Waals surface area (Å²) in [4.78, 5) is 2.41. The molecule has 1 aliphatic rings. The molecule has 0 saturated heterocycles. The van der Waals surface area contributed by atoms with E-state index in [0.717, 1.165) is 13.1 Å². The van der Waals surface area contributed by atoms with Crippen molar-refractivity contribution in [1.82, 2.24) is 4.90 Å². The highest BCUT2D eigenvalue weighted by Gasteiger charge is 2.06. The first-order valence-corrected chi connectivity index (χ1v) is 3.82. The minimum absolute atomic E-state index is 1.03. The molecule has 0 bridgehead atoms. The van der Waals surface area contributed by atoms with Gasteiger partial charge in [0, 0.05) is 19.6 Å². The molecule has 0 radical (unpaired) electrons. The topological polar surface area (TPSA) is 3.24 Å². The lowest BCUT2D eigenvalue weighted by molar-refractivity contribution is 0.321. The Balaban J connectivity index is 2.37. The van der Waals surface area contributed by atoms with E-state index in [9.17, 15) is 0 Å². The van der Waals surface area contributed by atoms with Crippen molar-refractivity contribution in [3.8, 4) is 0 Å². The molecule has 56 valence electrons. The van der Waals surface area contributed by atoms with E-state index in [2.05, 4.69) is 24.5 Å². The van der Waals surface area contributed by atoms with Crippen molar-refractivity contribution >= 4 is 0 Å². The van der Waals surface area contributed by atoms with Crippen LogP contribution >= 0.6 is 0 Å². The summed E-state index contributed by atoms with van der Waals surface area (Å²) in [5.41, 5.74) is 1.49. The average Bonchev–Trinajstić information content (AvgIpc) is 1.88.